The fourth-order valence-electron chi connectivity index (χ4n) is 2.97. The molecule has 3 rings (SSSR count). The summed E-state index contributed by atoms with van der Waals surface area (Å²) in [6, 6.07) is 8.90. The van der Waals surface area contributed by atoms with Gasteiger partial charge in [0.1, 0.15) is 11.5 Å². The summed E-state index contributed by atoms with van der Waals surface area (Å²) in [6.07, 6.45) is 3.36. The highest BCUT2D eigenvalue weighted by Gasteiger charge is 2.15. The highest BCUT2D eigenvalue weighted by molar-refractivity contribution is 7.07. The average molecular weight is 456 g/mol. The van der Waals surface area contributed by atoms with Crippen LogP contribution in [0.5, 0.6) is 28.7 Å². The summed E-state index contributed by atoms with van der Waals surface area (Å²) in [5.41, 5.74) is 2.26. The van der Waals surface area contributed by atoms with Crippen LogP contribution in [0.25, 0.3) is 11.3 Å². The molecular weight excluding hydrogens is 430 g/mol. The van der Waals surface area contributed by atoms with E-state index in [1.807, 2.05) is 23.6 Å². The lowest BCUT2D eigenvalue weighted by Crippen LogP contribution is -2.12. The maximum Gasteiger partial charge on any atom is 0.206 e. The Balaban J connectivity index is 2.17. The van der Waals surface area contributed by atoms with Crippen molar-refractivity contribution in [2.75, 3.05) is 35.0 Å². The lowest BCUT2D eigenvalue weighted by Gasteiger charge is -2.11. The minimum atomic E-state index is -0.0705. The van der Waals surface area contributed by atoms with Crippen LogP contribution in [0.15, 0.2) is 58.5 Å². The molecule has 0 fully saturated rings. The maximum absolute atomic E-state index is 10.2. The number of phenolic OH excluding ortho intramolecular Hbond substituents is 1. The standard InChI is InChI=1S/C23H25N3O5S/c1-6-9-24-23-26(25-13-15-10-20(30-4)22(27)21(11-15)31-5)18(14-32-23)17-12-16(28-2)7-8-19(17)29-3/h6-8,10-14,27H,1,9H2,2-5H3. The first-order valence-electron chi connectivity index (χ1n) is 9.59. The molecule has 0 radical (unpaired) electrons. The number of rotatable bonds is 9. The van der Waals surface area contributed by atoms with Crippen molar-refractivity contribution in [3.8, 4) is 40.0 Å². The van der Waals surface area contributed by atoms with Gasteiger partial charge in [-0.3, -0.25) is 4.99 Å². The first-order chi connectivity index (χ1) is 15.6. The van der Waals surface area contributed by atoms with Crippen LogP contribution in [-0.2, 0) is 0 Å². The number of benzene rings is 2. The molecule has 2 aromatic carbocycles. The molecule has 3 aromatic rings. The zero-order valence-corrected chi connectivity index (χ0v) is 19.2. The highest BCUT2D eigenvalue weighted by Crippen LogP contribution is 2.37. The number of ether oxygens (including phenoxy) is 4. The van der Waals surface area contributed by atoms with Crippen molar-refractivity contribution in [3.05, 3.63) is 58.7 Å². The molecule has 0 unspecified atom stereocenters. The number of methoxy groups -OCH3 is 4. The van der Waals surface area contributed by atoms with Crippen molar-refractivity contribution >= 4 is 17.6 Å². The van der Waals surface area contributed by atoms with Gasteiger partial charge in [-0.2, -0.15) is 5.10 Å². The quantitative estimate of drug-likeness (QED) is 0.390. The van der Waals surface area contributed by atoms with Crippen molar-refractivity contribution in [2.45, 2.75) is 0 Å². The third-order valence-electron chi connectivity index (χ3n) is 4.55. The van der Waals surface area contributed by atoms with Crippen molar-refractivity contribution < 1.29 is 24.1 Å². The SMILES string of the molecule is C=CCN=c1scc(-c2cc(OC)ccc2OC)n1N=Cc1cc(OC)c(O)c(OC)c1. The van der Waals surface area contributed by atoms with Crippen LogP contribution in [0.2, 0.25) is 0 Å². The Labute approximate surface area is 190 Å². The molecule has 0 atom stereocenters. The molecule has 0 saturated heterocycles. The monoisotopic (exact) mass is 455 g/mol. The number of hydrogen-bond acceptors (Lipinski definition) is 8. The lowest BCUT2D eigenvalue weighted by molar-refractivity contribution is 0.340. The van der Waals surface area contributed by atoms with E-state index in [2.05, 4.69) is 16.7 Å². The summed E-state index contributed by atoms with van der Waals surface area (Å²) in [6.45, 7) is 4.19. The summed E-state index contributed by atoms with van der Waals surface area (Å²) in [5.74, 6) is 1.87. The molecule has 1 aromatic heterocycles. The molecule has 0 amide bonds. The second-order valence-corrected chi connectivity index (χ2v) is 7.27. The fraction of sp³-hybridized carbons (Fsp3) is 0.217. The first kappa shape index (κ1) is 23.0. The van der Waals surface area contributed by atoms with Crippen LogP contribution in [-0.4, -0.2) is 51.0 Å². The predicted molar refractivity (Wildman–Crippen MR) is 126 cm³/mol. The molecule has 32 heavy (non-hydrogen) atoms. The second-order valence-electron chi connectivity index (χ2n) is 6.43. The summed E-state index contributed by atoms with van der Waals surface area (Å²) in [4.78, 5) is 5.23. The lowest BCUT2D eigenvalue weighted by atomic mass is 10.1. The van der Waals surface area contributed by atoms with Crippen LogP contribution in [0.4, 0.5) is 0 Å². The maximum atomic E-state index is 10.2. The molecule has 1 heterocycles. The van der Waals surface area contributed by atoms with E-state index < -0.39 is 0 Å². The van der Waals surface area contributed by atoms with Crippen molar-refractivity contribution in [2.24, 2.45) is 10.1 Å². The summed E-state index contributed by atoms with van der Waals surface area (Å²) >= 11 is 1.45. The molecule has 0 aliphatic carbocycles. The van der Waals surface area contributed by atoms with E-state index >= 15 is 0 Å². The van der Waals surface area contributed by atoms with E-state index in [4.69, 9.17) is 18.9 Å². The highest BCUT2D eigenvalue weighted by atomic mass is 32.1. The Morgan fingerprint density at radius 2 is 1.69 bits per heavy atom. The predicted octanol–water partition coefficient (Wildman–Crippen LogP) is 3.93. The van der Waals surface area contributed by atoms with E-state index in [1.54, 1.807) is 43.3 Å². The number of thiazole rings is 1. The van der Waals surface area contributed by atoms with Crippen LogP contribution in [0, 0.1) is 0 Å². The number of phenols is 1. The van der Waals surface area contributed by atoms with Gasteiger partial charge in [0.25, 0.3) is 0 Å². The number of aromatic hydroxyl groups is 1. The number of nitrogens with zero attached hydrogens (tertiary/aromatic N) is 3. The van der Waals surface area contributed by atoms with E-state index in [0.29, 0.717) is 28.4 Å². The zero-order valence-electron chi connectivity index (χ0n) is 18.4. The van der Waals surface area contributed by atoms with E-state index in [0.717, 1.165) is 11.3 Å². The van der Waals surface area contributed by atoms with Crippen LogP contribution < -0.4 is 23.7 Å². The summed E-state index contributed by atoms with van der Waals surface area (Å²) in [7, 11) is 6.18. The Morgan fingerprint density at radius 3 is 2.28 bits per heavy atom. The first-order valence-corrected chi connectivity index (χ1v) is 10.5. The molecule has 0 aliphatic rings. The van der Waals surface area contributed by atoms with Gasteiger partial charge in [0.05, 0.1) is 46.9 Å². The number of aromatic nitrogens is 1. The summed E-state index contributed by atoms with van der Waals surface area (Å²) < 4.78 is 23.1. The molecular formula is C23H25N3O5S. The minimum Gasteiger partial charge on any atom is -0.502 e. The molecule has 168 valence electrons. The van der Waals surface area contributed by atoms with Gasteiger partial charge in [0, 0.05) is 16.5 Å². The van der Waals surface area contributed by atoms with Gasteiger partial charge in [-0.1, -0.05) is 6.08 Å². The van der Waals surface area contributed by atoms with Gasteiger partial charge < -0.3 is 24.1 Å². The van der Waals surface area contributed by atoms with Crippen molar-refractivity contribution in [3.63, 3.8) is 0 Å². The normalized spacial score (nSPS) is 11.6. The molecule has 0 bridgehead atoms. The van der Waals surface area contributed by atoms with Gasteiger partial charge in [0.2, 0.25) is 10.6 Å². The Morgan fingerprint density at radius 1 is 1.00 bits per heavy atom. The number of hydrogen-bond donors (Lipinski definition) is 1. The molecule has 8 nitrogen and oxygen atoms in total. The molecule has 0 spiro atoms. The van der Waals surface area contributed by atoms with Gasteiger partial charge in [-0.25, -0.2) is 4.68 Å². The van der Waals surface area contributed by atoms with E-state index in [9.17, 15) is 5.11 Å². The Kier molecular flexibility index (Phi) is 7.56. The Hall–Kier alpha value is -3.72. The smallest absolute Gasteiger partial charge is 0.206 e. The largest absolute Gasteiger partial charge is 0.502 e. The van der Waals surface area contributed by atoms with Gasteiger partial charge >= 0.3 is 0 Å². The third-order valence-corrected chi connectivity index (χ3v) is 5.40. The average Bonchev–Trinajstić information content (AvgIpc) is 3.23. The minimum absolute atomic E-state index is 0.0705. The molecule has 0 aliphatic heterocycles. The van der Waals surface area contributed by atoms with Gasteiger partial charge in [-0.15, -0.1) is 17.9 Å². The van der Waals surface area contributed by atoms with Crippen LogP contribution in [0.1, 0.15) is 5.56 Å². The second kappa shape index (κ2) is 10.5. The molecule has 0 saturated carbocycles. The van der Waals surface area contributed by atoms with Crippen molar-refractivity contribution in [1.29, 1.82) is 0 Å². The zero-order chi connectivity index (χ0) is 23.1. The fourth-order valence-corrected chi connectivity index (χ4v) is 3.81. The van der Waals surface area contributed by atoms with Gasteiger partial charge in [-0.05, 0) is 30.3 Å². The Bertz CT molecular complexity index is 1170. The van der Waals surface area contributed by atoms with E-state index in [1.165, 1.54) is 25.6 Å². The summed E-state index contributed by atoms with van der Waals surface area (Å²) in [5, 5.41) is 16.8. The van der Waals surface area contributed by atoms with Crippen LogP contribution >= 0.6 is 11.3 Å². The third kappa shape index (κ3) is 4.78. The van der Waals surface area contributed by atoms with Crippen LogP contribution in [0.3, 0.4) is 0 Å². The van der Waals surface area contributed by atoms with Gasteiger partial charge in [0.15, 0.2) is 11.5 Å². The van der Waals surface area contributed by atoms with Crippen molar-refractivity contribution in [1.82, 2.24) is 4.68 Å². The van der Waals surface area contributed by atoms with E-state index in [-0.39, 0.29) is 17.2 Å². The topological polar surface area (TPSA) is 86.8 Å². The molecule has 1 N–H and O–H groups in total. The molecule has 9 heteroatoms.